The van der Waals surface area contributed by atoms with Gasteiger partial charge in [0.15, 0.2) is 17.6 Å². The molecule has 0 aliphatic carbocycles. The van der Waals surface area contributed by atoms with Gasteiger partial charge >= 0.3 is 5.97 Å². The molecule has 1 amide bonds. The predicted octanol–water partition coefficient (Wildman–Crippen LogP) is 3.61. The molecule has 0 fully saturated rings. The summed E-state index contributed by atoms with van der Waals surface area (Å²) in [6, 6.07) is 8.20. The van der Waals surface area contributed by atoms with E-state index >= 15 is 0 Å². The van der Waals surface area contributed by atoms with E-state index in [4.69, 9.17) is 14.2 Å². The van der Waals surface area contributed by atoms with Gasteiger partial charge in [-0.2, -0.15) is 0 Å². The summed E-state index contributed by atoms with van der Waals surface area (Å²) < 4.78 is 16.3. The average molecular weight is 419 g/mol. The molecule has 1 unspecified atom stereocenters. The van der Waals surface area contributed by atoms with Crippen LogP contribution in [0.2, 0.25) is 0 Å². The second kappa shape index (κ2) is 10.6. The van der Waals surface area contributed by atoms with Gasteiger partial charge in [0, 0.05) is 11.8 Å². The third-order valence-electron chi connectivity index (χ3n) is 3.85. The normalized spacial score (nSPS) is 11.4. The molecule has 1 atom stereocenters. The van der Waals surface area contributed by atoms with Gasteiger partial charge < -0.3 is 19.5 Å². The minimum atomic E-state index is -0.947. The molecule has 0 aliphatic rings. The van der Waals surface area contributed by atoms with Crippen LogP contribution in [0, 0.1) is 0 Å². The molecule has 0 saturated heterocycles. The third kappa shape index (κ3) is 6.32. The summed E-state index contributed by atoms with van der Waals surface area (Å²) in [4.78, 5) is 37.4. The molecule has 0 saturated carbocycles. The fraction of sp³-hybridized carbons (Fsp3) is 0.381. The van der Waals surface area contributed by atoms with E-state index < -0.39 is 12.1 Å². The molecule has 7 nitrogen and oxygen atoms in total. The van der Waals surface area contributed by atoms with Crippen LogP contribution in [0.5, 0.6) is 11.5 Å². The van der Waals surface area contributed by atoms with E-state index in [0.29, 0.717) is 36.1 Å². The van der Waals surface area contributed by atoms with Gasteiger partial charge in [0.1, 0.15) is 0 Å². The molecule has 1 N–H and O–H groups in total. The van der Waals surface area contributed by atoms with E-state index in [2.05, 4.69) is 5.32 Å². The summed E-state index contributed by atoms with van der Waals surface area (Å²) in [6.45, 7) is 7.91. The van der Waals surface area contributed by atoms with Gasteiger partial charge in [-0.15, -0.1) is 11.3 Å². The highest BCUT2D eigenvalue weighted by atomic mass is 32.1. The molecule has 2 rings (SSSR count). The molecule has 1 aromatic carbocycles. The summed E-state index contributed by atoms with van der Waals surface area (Å²) in [6.07, 6.45) is -0.947. The molecular formula is C21H25NO6S. The standard InChI is InChI=1S/C21H25NO6S/c1-5-26-17-9-7-15(11-18(17)27-6-2)21(25)28-13(3)20(24)19-10-8-16(29-19)12-22-14(4)23/h7-11,13H,5-6,12H2,1-4H3,(H,22,23). The number of benzene rings is 1. The van der Waals surface area contributed by atoms with Gasteiger partial charge in [0.2, 0.25) is 11.7 Å². The molecule has 156 valence electrons. The van der Waals surface area contributed by atoms with Crippen molar-refractivity contribution in [2.24, 2.45) is 0 Å². The molecule has 0 spiro atoms. The maximum atomic E-state index is 12.6. The van der Waals surface area contributed by atoms with Crippen LogP contribution in [0.15, 0.2) is 30.3 Å². The van der Waals surface area contributed by atoms with E-state index in [0.717, 1.165) is 4.88 Å². The number of nitrogens with one attached hydrogen (secondary N) is 1. The number of esters is 1. The van der Waals surface area contributed by atoms with E-state index in [9.17, 15) is 14.4 Å². The lowest BCUT2D eigenvalue weighted by Crippen LogP contribution is -2.23. The minimum absolute atomic E-state index is 0.143. The van der Waals surface area contributed by atoms with Crippen molar-refractivity contribution in [2.45, 2.75) is 40.3 Å². The highest BCUT2D eigenvalue weighted by Gasteiger charge is 2.23. The van der Waals surface area contributed by atoms with Gasteiger partial charge in [0.05, 0.1) is 30.2 Å². The first-order valence-electron chi connectivity index (χ1n) is 9.33. The molecule has 8 heteroatoms. The Hall–Kier alpha value is -2.87. The topological polar surface area (TPSA) is 90.9 Å². The number of amides is 1. The molecule has 29 heavy (non-hydrogen) atoms. The minimum Gasteiger partial charge on any atom is -0.490 e. The lowest BCUT2D eigenvalue weighted by atomic mass is 10.2. The first-order valence-corrected chi connectivity index (χ1v) is 10.1. The van der Waals surface area contributed by atoms with Crippen LogP contribution in [-0.4, -0.2) is 37.0 Å². The maximum absolute atomic E-state index is 12.6. The number of hydrogen-bond acceptors (Lipinski definition) is 7. The van der Waals surface area contributed by atoms with Gasteiger partial charge in [0.25, 0.3) is 0 Å². The van der Waals surface area contributed by atoms with E-state index in [-0.39, 0.29) is 17.3 Å². The average Bonchev–Trinajstić information content (AvgIpc) is 3.16. The van der Waals surface area contributed by atoms with Crippen LogP contribution in [0.4, 0.5) is 0 Å². The van der Waals surface area contributed by atoms with Crippen LogP contribution in [0.1, 0.15) is 52.6 Å². The zero-order valence-corrected chi connectivity index (χ0v) is 17.8. The number of ketones is 1. The van der Waals surface area contributed by atoms with Crippen molar-refractivity contribution in [3.05, 3.63) is 45.6 Å². The molecule has 1 heterocycles. The Balaban J connectivity index is 2.05. The fourth-order valence-corrected chi connectivity index (χ4v) is 3.44. The van der Waals surface area contributed by atoms with Gasteiger partial charge in [-0.1, -0.05) is 0 Å². The Morgan fingerprint density at radius 1 is 1.03 bits per heavy atom. The predicted molar refractivity (Wildman–Crippen MR) is 110 cm³/mol. The smallest absolute Gasteiger partial charge is 0.338 e. The SMILES string of the molecule is CCOc1ccc(C(=O)OC(C)C(=O)c2ccc(CNC(C)=O)s2)cc1OCC. The summed E-state index contributed by atoms with van der Waals surface area (Å²) in [7, 11) is 0. The molecule has 0 aliphatic heterocycles. The zero-order chi connectivity index (χ0) is 21.4. The maximum Gasteiger partial charge on any atom is 0.338 e. The molecule has 2 aromatic rings. The number of thiophene rings is 1. The number of carbonyl (C=O) groups is 3. The molecule has 0 bridgehead atoms. The first kappa shape index (κ1) is 22.4. The summed E-state index contributed by atoms with van der Waals surface area (Å²) in [5.41, 5.74) is 0.272. The van der Waals surface area contributed by atoms with Gasteiger partial charge in [-0.25, -0.2) is 4.79 Å². The van der Waals surface area contributed by atoms with Gasteiger partial charge in [-0.3, -0.25) is 9.59 Å². The summed E-state index contributed by atoms with van der Waals surface area (Å²) >= 11 is 1.26. The second-order valence-corrected chi connectivity index (χ2v) is 7.28. The second-order valence-electron chi connectivity index (χ2n) is 6.12. The Kier molecular flexibility index (Phi) is 8.21. The molecular weight excluding hydrogens is 394 g/mol. The Morgan fingerprint density at radius 3 is 2.38 bits per heavy atom. The van der Waals surface area contributed by atoms with Crippen molar-refractivity contribution in [2.75, 3.05) is 13.2 Å². The highest BCUT2D eigenvalue weighted by Crippen LogP contribution is 2.29. The fourth-order valence-electron chi connectivity index (χ4n) is 2.48. The number of rotatable bonds is 10. The molecule has 0 radical (unpaired) electrons. The van der Waals surface area contributed by atoms with Crippen LogP contribution in [-0.2, 0) is 16.1 Å². The van der Waals surface area contributed by atoms with Crippen molar-refractivity contribution in [3.8, 4) is 11.5 Å². The van der Waals surface area contributed by atoms with Crippen LogP contribution < -0.4 is 14.8 Å². The van der Waals surface area contributed by atoms with Gasteiger partial charge in [-0.05, 0) is 51.1 Å². The number of hydrogen-bond donors (Lipinski definition) is 1. The van der Waals surface area contributed by atoms with Crippen molar-refractivity contribution in [1.29, 1.82) is 0 Å². The van der Waals surface area contributed by atoms with E-state index in [1.54, 1.807) is 30.3 Å². The number of Topliss-reactive ketones (excluding diaryl/α,β-unsaturated/α-hetero) is 1. The summed E-state index contributed by atoms with van der Waals surface area (Å²) in [5, 5.41) is 2.68. The van der Waals surface area contributed by atoms with Crippen molar-refractivity contribution in [3.63, 3.8) is 0 Å². The lowest BCUT2D eigenvalue weighted by molar-refractivity contribution is -0.119. The largest absolute Gasteiger partial charge is 0.490 e. The quantitative estimate of drug-likeness (QED) is 0.467. The number of carbonyl (C=O) groups excluding carboxylic acids is 3. The third-order valence-corrected chi connectivity index (χ3v) is 4.95. The van der Waals surface area contributed by atoms with Crippen molar-refractivity contribution >= 4 is 29.0 Å². The zero-order valence-electron chi connectivity index (χ0n) is 16.9. The Morgan fingerprint density at radius 2 is 1.72 bits per heavy atom. The first-order chi connectivity index (χ1) is 13.8. The Labute approximate surface area is 174 Å². The van der Waals surface area contributed by atoms with E-state index in [1.165, 1.54) is 25.2 Å². The summed E-state index contributed by atoms with van der Waals surface area (Å²) in [5.74, 6) is -0.0717. The number of ether oxygens (including phenoxy) is 3. The van der Waals surface area contributed by atoms with Crippen LogP contribution >= 0.6 is 11.3 Å². The van der Waals surface area contributed by atoms with Crippen molar-refractivity contribution in [1.82, 2.24) is 5.32 Å². The lowest BCUT2D eigenvalue weighted by Gasteiger charge is -2.14. The highest BCUT2D eigenvalue weighted by molar-refractivity contribution is 7.14. The van der Waals surface area contributed by atoms with E-state index in [1.807, 2.05) is 13.8 Å². The molecule has 1 aromatic heterocycles. The van der Waals surface area contributed by atoms with Crippen molar-refractivity contribution < 1.29 is 28.6 Å². The van der Waals surface area contributed by atoms with Crippen LogP contribution in [0.25, 0.3) is 0 Å². The Bertz CT molecular complexity index is 876. The monoisotopic (exact) mass is 419 g/mol. The van der Waals surface area contributed by atoms with Crippen LogP contribution in [0.3, 0.4) is 0 Å².